The second-order valence-electron chi connectivity index (χ2n) is 3.90. The van der Waals surface area contributed by atoms with Crippen molar-refractivity contribution in [3.63, 3.8) is 0 Å². The number of nitrogens with zero attached hydrogens (tertiary/aromatic N) is 1. The highest BCUT2D eigenvalue weighted by atomic mass is 19.1. The number of rotatable bonds is 3. The van der Waals surface area contributed by atoms with Crippen LogP contribution in [-0.2, 0) is 6.54 Å². The van der Waals surface area contributed by atoms with Gasteiger partial charge >= 0.3 is 0 Å². The third kappa shape index (κ3) is 3.05. The van der Waals surface area contributed by atoms with Crippen molar-refractivity contribution >= 4 is 5.69 Å². The third-order valence-electron chi connectivity index (χ3n) is 2.58. The number of nitrogens with one attached hydrogen (secondary N) is 1. The van der Waals surface area contributed by atoms with Gasteiger partial charge in [0.05, 0.1) is 17.3 Å². The van der Waals surface area contributed by atoms with Gasteiger partial charge in [-0.15, -0.1) is 0 Å². The maximum absolute atomic E-state index is 13.6. The lowest BCUT2D eigenvalue weighted by Gasteiger charge is -2.08. The van der Waals surface area contributed by atoms with Crippen LogP contribution in [0.15, 0.2) is 36.4 Å². The summed E-state index contributed by atoms with van der Waals surface area (Å²) >= 11 is 0. The topological polar surface area (TPSA) is 35.8 Å². The van der Waals surface area contributed by atoms with E-state index in [0.717, 1.165) is 18.2 Å². The van der Waals surface area contributed by atoms with Gasteiger partial charge < -0.3 is 5.32 Å². The first-order valence-electron chi connectivity index (χ1n) is 5.47. The van der Waals surface area contributed by atoms with Crippen molar-refractivity contribution in [2.75, 3.05) is 5.32 Å². The Kier molecular flexibility index (Phi) is 3.71. The smallest absolute Gasteiger partial charge is 0.149 e. The molecule has 2 aromatic carbocycles. The van der Waals surface area contributed by atoms with E-state index in [1.807, 2.05) is 6.07 Å². The summed E-state index contributed by atoms with van der Waals surface area (Å²) in [6.07, 6.45) is 0. The van der Waals surface area contributed by atoms with Crippen LogP contribution in [0, 0.1) is 28.8 Å². The van der Waals surface area contributed by atoms with Crippen molar-refractivity contribution < 1.29 is 13.2 Å². The second-order valence-corrected chi connectivity index (χ2v) is 3.90. The van der Waals surface area contributed by atoms with Crippen molar-refractivity contribution in [3.05, 3.63) is 65.0 Å². The van der Waals surface area contributed by atoms with Gasteiger partial charge in [0.1, 0.15) is 17.5 Å². The molecule has 0 atom stereocenters. The minimum Gasteiger partial charge on any atom is -0.378 e. The summed E-state index contributed by atoms with van der Waals surface area (Å²) in [5.74, 6) is -1.96. The molecule has 0 spiro atoms. The standard InChI is InChI=1S/C14H9F3N2/c15-11-3-4-14(13(17)6-11)19-8-10-2-1-9(7-18)5-12(10)16/h1-6,19H,8H2. The maximum atomic E-state index is 13.6. The summed E-state index contributed by atoms with van der Waals surface area (Å²) in [5.41, 5.74) is 0.599. The Morgan fingerprint density at radius 1 is 1.00 bits per heavy atom. The van der Waals surface area contributed by atoms with Crippen molar-refractivity contribution in [2.45, 2.75) is 6.54 Å². The van der Waals surface area contributed by atoms with E-state index < -0.39 is 17.5 Å². The molecule has 0 aromatic heterocycles. The van der Waals surface area contributed by atoms with Crippen molar-refractivity contribution in [1.82, 2.24) is 0 Å². The molecule has 0 saturated carbocycles. The molecule has 0 fully saturated rings. The van der Waals surface area contributed by atoms with Gasteiger partial charge in [-0.1, -0.05) is 6.07 Å². The van der Waals surface area contributed by atoms with E-state index in [1.165, 1.54) is 18.2 Å². The second kappa shape index (κ2) is 5.44. The van der Waals surface area contributed by atoms with E-state index in [0.29, 0.717) is 5.56 Å². The normalized spacial score (nSPS) is 10.0. The molecule has 0 aliphatic heterocycles. The highest BCUT2D eigenvalue weighted by Crippen LogP contribution is 2.17. The Hall–Kier alpha value is -2.48. The first kappa shape index (κ1) is 13.0. The molecular formula is C14H9F3N2. The zero-order chi connectivity index (χ0) is 13.8. The van der Waals surface area contributed by atoms with Gasteiger partial charge in [0.25, 0.3) is 0 Å². The summed E-state index contributed by atoms with van der Waals surface area (Å²) in [5, 5.41) is 11.3. The number of nitriles is 1. The van der Waals surface area contributed by atoms with Gasteiger partial charge in [0.15, 0.2) is 0 Å². The van der Waals surface area contributed by atoms with E-state index in [-0.39, 0.29) is 17.8 Å². The molecule has 5 heteroatoms. The number of benzene rings is 2. The Labute approximate surface area is 108 Å². The van der Waals surface area contributed by atoms with Crippen LogP contribution in [-0.4, -0.2) is 0 Å². The van der Waals surface area contributed by atoms with Crippen LogP contribution in [0.5, 0.6) is 0 Å². The zero-order valence-corrected chi connectivity index (χ0v) is 9.75. The lowest BCUT2D eigenvalue weighted by Crippen LogP contribution is -2.04. The zero-order valence-electron chi connectivity index (χ0n) is 9.75. The molecule has 0 aliphatic carbocycles. The highest BCUT2D eigenvalue weighted by Gasteiger charge is 2.06. The minimum absolute atomic E-state index is 0.0418. The van der Waals surface area contributed by atoms with Crippen LogP contribution in [0.2, 0.25) is 0 Å². The molecule has 2 rings (SSSR count). The van der Waals surface area contributed by atoms with Crippen LogP contribution < -0.4 is 5.32 Å². The molecule has 2 nitrogen and oxygen atoms in total. The fourth-order valence-corrected chi connectivity index (χ4v) is 1.58. The summed E-state index contributed by atoms with van der Waals surface area (Å²) in [4.78, 5) is 0. The fourth-order valence-electron chi connectivity index (χ4n) is 1.58. The van der Waals surface area contributed by atoms with Gasteiger partial charge in [-0.2, -0.15) is 5.26 Å². The van der Waals surface area contributed by atoms with Crippen LogP contribution >= 0.6 is 0 Å². The van der Waals surface area contributed by atoms with Gasteiger partial charge in [-0.05, 0) is 24.3 Å². The molecule has 0 radical (unpaired) electrons. The molecule has 19 heavy (non-hydrogen) atoms. The molecule has 0 heterocycles. The van der Waals surface area contributed by atoms with Gasteiger partial charge in [-0.3, -0.25) is 0 Å². The van der Waals surface area contributed by atoms with E-state index in [2.05, 4.69) is 5.32 Å². The maximum Gasteiger partial charge on any atom is 0.149 e. The van der Waals surface area contributed by atoms with Crippen LogP contribution in [0.4, 0.5) is 18.9 Å². The van der Waals surface area contributed by atoms with Crippen molar-refractivity contribution in [3.8, 4) is 6.07 Å². The molecule has 0 unspecified atom stereocenters. The van der Waals surface area contributed by atoms with E-state index >= 15 is 0 Å². The van der Waals surface area contributed by atoms with E-state index in [1.54, 1.807) is 0 Å². The first-order chi connectivity index (χ1) is 9.10. The van der Waals surface area contributed by atoms with Crippen LogP contribution in [0.1, 0.15) is 11.1 Å². The Morgan fingerprint density at radius 2 is 1.79 bits per heavy atom. The Bertz CT molecular complexity index is 648. The number of hydrogen-bond acceptors (Lipinski definition) is 2. The predicted octanol–water partition coefficient (Wildman–Crippen LogP) is 3.59. The quantitative estimate of drug-likeness (QED) is 0.917. The van der Waals surface area contributed by atoms with Gasteiger partial charge in [0, 0.05) is 18.2 Å². The summed E-state index contributed by atoms with van der Waals surface area (Å²) in [6, 6.07) is 8.95. The third-order valence-corrected chi connectivity index (χ3v) is 2.58. The van der Waals surface area contributed by atoms with E-state index in [9.17, 15) is 13.2 Å². The van der Waals surface area contributed by atoms with Crippen molar-refractivity contribution in [2.24, 2.45) is 0 Å². The average Bonchev–Trinajstić information content (AvgIpc) is 2.39. The Balaban J connectivity index is 2.13. The lowest BCUT2D eigenvalue weighted by atomic mass is 10.1. The molecule has 0 bridgehead atoms. The Morgan fingerprint density at radius 3 is 2.42 bits per heavy atom. The predicted molar refractivity (Wildman–Crippen MR) is 64.8 cm³/mol. The lowest BCUT2D eigenvalue weighted by molar-refractivity contribution is 0.584. The molecule has 96 valence electrons. The minimum atomic E-state index is -0.742. The number of hydrogen-bond donors (Lipinski definition) is 1. The monoisotopic (exact) mass is 262 g/mol. The molecular weight excluding hydrogens is 253 g/mol. The molecule has 0 amide bonds. The first-order valence-corrected chi connectivity index (χ1v) is 5.47. The van der Waals surface area contributed by atoms with Crippen molar-refractivity contribution in [1.29, 1.82) is 5.26 Å². The summed E-state index contributed by atoms with van der Waals surface area (Å²) < 4.78 is 39.6. The van der Waals surface area contributed by atoms with Gasteiger partial charge in [-0.25, -0.2) is 13.2 Å². The molecule has 2 aromatic rings. The highest BCUT2D eigenvalue weighted by molar-refractivity contribution is 5.45. The summed E-state index contributed by atoms with van der Waals surface area (Å²) in [6.45, 7) is 0.0418. The number of anilines is 1. The van der Waals surface area contributed by atoms with Crippen LogP contribution in [0.25, 0.3) is 0 Å². The molecule has 0 aliphatic rings. The van der Waals surface area contributed by atoms with Crippen LogP contribution in [0.3, 0.4) is 0 Å². The van der Waals surface area contributed by atoms with Gasteiger partial charge in [0.2, 0.25) is 0 Å². The fraction of sp³-hybridized carbons (Fsp3) is 0.0714. The summed E-state index contributed by atoms with van der Waals surface area (Å²) in [7, 11) is 0. The average molecular weight is 262 g/mol. The SMILES string of the molecule is N#Cc1ccc(CNc2ccc(F)cc2F)c(F)c1. The number of halogens is 3. The largest absolute Gasteiger partial charge is 0.378 e. The van der Waals surface area contributed by atoms with E-state index in [4.69, 9.17) is 5.26 Å². The molecule has 1 N–H and O–H groups in total. The molecule has 0 saturated heterocycles.